The van der Waals surface area contributed by atoms with Crippen molar-refractivity contribution in [2.75, 3.05) is 19.8 Å². The van der Waals surface area contributed by atoms with Gasteiger partial charge in [-0.3, -0.25) is 0 Å². The molecule has 0 bridgehead atoms. The molecule has 2 aromatic rings. The van der Waals surface area contributed by atoms with Crippen LogP contribution in [0.4, 0.5) is 0 Å². The summed E-state index contributed by atoms with van der Waals surface area (Å²) in [5.74, 6) is 1.34. The van der Waals surface area contributed by atoms with Crippen LogP contribution in [0.25, 0.3) is 0 Å². The molecule has 1 saturated heterocycles. The molecule has 1 fully saturated rings. The van der Waals surface area contributed by atoms with E-state index in [1.54, 1.807) is 0 Å². The van der Waals surface area contributed by atoms with Crippen molar-refractivity contribution >= 4 is 11.6 Å². The van der Waals surface area contributed by atoms with Crippen molar-refractivity contribution in [1.29, 1.82) is 0 Å². The minimum atomic E-state index is 0.257. The maximum absolute atomic E-state index is 5.86. The highest BCUT2D eigenvalue weighted by Crippen LogP contribution is 2.13. The van der Waals surface area contributed by atoms with Gasteiger partial charge in [0.15, 0.2) is 5.82 Å². The van der Waals surface area contributed by atoms with E-state index in [-0.39, 0.29) is 6.04 Å². The van der Waals surface area contributed by atoms with E-state index in [0.29, 0.717) is 31.2 Å². The maximum atomic E-state index is 5.86. The molecule has 0 aliphatic carbocycles. The zero-order chi connectivity index (χ0) is 13.8. The van der Waals surface area contributed by atoms with Crippen molar-refractivity contribution in [3.63, 3.8) is 0 Å². The van der Waals surface area contributed by atoms with E-state index in [0.717, 1.165) is 23.7 Å². The normalized spacial score (nSPS) is 19.1. The molecule has 1 N–H and O–H groups in total. The Hall–Kier alpha value is -1.43. The lowest BCUT2D eigenvalue weighted by atomic mass is 10.1. The fourth-order valence-electron chi connectivity index (χ4n) is 2.19. The summed E-state index contributed by atoms with van der Waals surface area (Å²) in [4.78, 5) is 4.42. The van der Waals surface area contributed by atoms with Gasteiger partial charge in [0.2, 0.25) is 5.89 Å². The van der Waals surface area contributed by atoms with Gasteiger partial charge in [-0.05, 0) is 17.7 Å². The van der Waals surface area contributed by atoms with Crippen LogP contribution in [0.2, 0.25) is 5.02 Å². The molecule has 5 nitrogen and oxygen atoms in total. The van der Waals surface area contributed by atoms with E-state index in [9.17, 15) is 0 Å². The molecule has 1 aromatic heterocycles. The van der Waals surface area contributed by atoms with Gasteiger partial charge in [0.25, 0.3) is 0 Å². The van der Waals surface area contributed by atoms with Crippen molar-refractivity contribution < 1.29 is 9.26 Å². The van der Waals surface area contributed by atoms with Crippen molar-refractivity contribution in [2.24, 2.45) is 0 Å². The second-order valence-electron chi connectivity index (χ2n) is 4.84. The molecule has 1 aliphatic rings. The molecular weight excluding hydrogens is 278 g/mol. The first-order valence-corrected chi connectivity index (χ1v) is 7.04. The molecule has 6 heteroatoms. The van der Waals surface area contributed by atoms with Crippen LogP contribution in [0.1, 0.15) is 17.3 Å². The molecule has 1 atom stereocenters. The van der Waals surface area contributed by atoms with Crippen LogP contribution in [-0.2, 0) is 17.6 Å². The molecule has 20 heavy (non-hydrogen) atoms. The lowest BCUT2D eigenvalue weighted by Gasteiger charge is -2.22. The third-order valence-corrected chi connectivity index (χ3v) is 3.46. The highest BCUT2D eigenvalue weighted by Gasteiger charge is 2.17. The van der Waals surface area contributed by atoms with Gasteiger partial charge in [0.05, 0.1) is 13.2 Å². The van der Waals surface area contributed by atoms with Crippen LogP contribution in [0.5, 0.6) is 0 Å². The first-order valence-electron chi connectivity index (χ1n) is 6.66. The second-order valence-corrected chi connectivity index (χ2v) is 5.27. The molecule has 0 radical (unpaired) electrons. The average Bonchev–Trinajstić information content (AvgIpc) is 2.90. The van der Waals surface area contributed by atoms with Gasteiger partial charge in [-0.25, -0.2) is 0 Å². The van der Waals surface area contributed by atoms with E-state index in [4.69, 9.17) is 20.9 Å². The van der Waals surface area contributed by atoms with E-state index in [1.165, 1.54) is 0 Å². The van der Waals surface area contributed by atoms with Crippen LogP contribution >= 0.6 is 11.6 Å². The molecular formula is C14H16ClN3O2. The van der Waals surface area contributed by atoms with E-state index < -0.39 is 0 Å². The number of benzene rings is 1. The Morgan fingerprint density at radius 1 is 1.30 bits per heavy atom. The quantitative estimate of drug-likeness (QED) is 0.932. The summed E-state index contributed by atoms with van der Waals surface area (Å²) in [6, 6.07) is 7.92. The minimum absolute atomic E-state index is 0.257. The predicted octanol–water partition coefficient (Wildman–Crippen LogP) is 1.84. The Morgan fingerprint density at radius 2 is 2.15 bits per heavy atom. The molecule has 106 valence electrons. The Labute approximate surface area is 122 Å². The number of hydrogen-bond donors (Lipinski definition) is 1. The number of ether oxygens (including phenoxy) is 1. The van der Waals surface area contributed by atoms with Crippen LogP contribution in [0, 0.1) is 0 Å². The lowest BCUT2D eigenvalue weighted by Crippen LogP contribution is -2.42. The van der Waals surface area contributed by atoms with Gasteiger partial charge in [-0.1, -0.05) is 28.9 Å². The van der Waals surface area contributed by atoms with Gasteiger partial charge in [0, 0.05) is 30.5 Å². The molecule has 2 heterocycles. The summed E-state index contributed by atoms with van der Waals surface area (Å²) in [6.07, 6.45) is 1.35. The Balaban J connectivity index is 1.60. The molecule has 1 aliphatic heterocycles. The van der Waals surface area contributed by atoms with Crippen molar-refractivity contribution in [3.05, 3.63) is 46.6 Å². The summed E-state index contributed by atoms with van der Waals surface area (Å²) in [5, 5.41) is 8.10. The number of nitrogens with one attached hydrogen (secondary N) is 1. The largest absolute Gasteiger partial charge is 0.378 e. The molecule has 1 aromatic carbocycles. The van der Waals surface area contributed by atoms with Gasteiger partial charge in [-0.15, -0.1) is 0 Å². The highest BCUT2D eigenvalue weighted by atomic mass is 35.5. The highest BCUT2D eigenvalue weighted by molar-refractivity contribution is 6.30. The second kappa shape index (κ2) is 6.35. The van der Waals surface area contributed by atoms with Crippen molar-refractivity contribution in [2.45, 2.75) is 18.9 Å². The number of rotatable bonds is 4. The third kappa shape index (κ3) is 3.56. The summed E-state index contributed by atoms with van der Waals surface area (Å²) < 4.78 is 10.7. The Kier molecular flexibility index (Phi) is 4.30. The van der Waals surface area contributed by atoms with Gasteiger partial charge in [-0.2, -0.15) is 4.98 Å². The number of morpholine rings is 1. The number of aromatic nitrogens is 2. The fraction of sp³-hybridized carbons (Fsp3) is 0.429. The first kappa shape index (κ1) is 13.5. The van der Waals surface area contributed by atoms with Crippen LogP contribution in [0.15, 0.2) is 28.8 Å². The summed E-state index contributed by atoms with van der Waals surface area (Å²) in [6.45, 7) is 2.33. The lowest BCUT2D eigenvalue weighted by molar-refractivity contribution is 0.0744. The van der Waals surface area contributed by atoms with Gasteiger partial charge < -0.3 is 14.6 Å². The Morgan fingerprint density at radius 3 is 2.90 bits per heavy atom. The van der Waals surface area contributed by atoms with Crippen molar-refractivity contribution in [3.8, 4) is 0 Å². The summed E-state index contributed by atoms with van der Waals surface area (Å²) in [5.41, 5.74) is 1.11. The molecule has 3 rings (SSSR count). The van der Waals surface area contributed by atoms with Crippen LogP contribution in [-0.4, -0.2) is 35.9 Å². The SMILES string of the molecule is Clc1ccc(Cc2noc(CC3COCCN3)n2)cc1. The fourth-order valence-corrected chi connectivity index (χ4v) is 2.32. The molecule has 0 amide bonds. The third-order valence-electron chi connectivity index (χ3n) is 3.21. The zero-order valence-electron chi connectivity index (χ0n) is 11.0. The first-order chi connectivity index (χ1) is 9.79. The molecule has 1 unspecified atom stereocenters. The predicted molar refractivity (Wildman–Crippen MR) is 74.9 cm³/mol. The number of hydrogen-bond acceptors (Lipinski definition) is 5. The monoisotopic (exact) mass is 293 g/mol. The molecule has 0 saturated carbocycles. The Bertz CT molecular complexity index is 550. The molecule has 0 spiro atoms. The number of halogens is 1. The van der Waals surface area contributed by atoms with E-state index in [2.05, 4.69) is 15.5 Å². The number of nitrogens with zero attached hydrogens (tertiary/aromatic N) is 2. The smallest absolute Gasteiger partial charge is 0.228 e. The summed E-state index contributed by atoms with van der Waals surface area (Å²) in [7, 11) is 0. The topological polar surface area (TPSA) is 60.2 Å². The van der Waals surface area contributed by atoms with Gasteiger partial charge >= 0.3 is 0 Å². The van der Waals surface area contributed by atoms with Crippen LogP contribution in [0.3, 0.4) is 0 Å². The average molecular weight is 294 g/mol. The summed E-state index contributed by atoms with van der Waals surface area (Å²) >= 11 is 5.86. The van der Waals surface area contributed by atoms with E-state index in [1.807, 2.05) is 24.3 Å². The zero-order valence-corrected chi connectivity index (χ0v) is 11.8. The maximum Gasteiger partial charge on any atom is 0.228 e. The minimum Gasteiger partial charge on any atom is -0.378 e. The standard InChI is InChI=1S/C14H16ClN3O2/c15-11-3-1-10(2-4-11)7-13-17-14(20-18-13)8-12-9-19-6-5-16-12/h1-4,12,16H,5-9H2. The van der Waals surface area contributed by atoms with Crippen molar-refractivity contribution in [1.82, 2.24) is 15.5 Å². The van der Waals surface area contributed by atoms with Crippen LogP contribution < -0.4 is 5.32 Å². The van der Waals surface area contributed by atoms with Gasteiger partial charge in [0.1, 0.15) is 0 Å². The van der Waals surface area contributed by atoms with E-state index >= 15 is 0 Å².